The minimum absolute atomic E-state index is 0.00500. The number of carbonyl (C=O) groups is 1. The summed E-state index contributed by atoms with van der Waals surface area (Å²) in [5, 5.41) is 2.44. The van der Waals surface area contributed by atoms with Crippen LogP contribution in [0.1, 0.15) is 11.1 Å². The molecule has 10 heteroatoms. The van der Waals surface area contributed by atoms with E-state index in [0.717, 1.165) is 17.7 Å². The lowest BCUT2D eigenvalue weighted by molar-refractivity contribution is -0.274. The molecule has 2 N–H and O–H groups in total. The number of carbonyl (C=O) groups excluding carboxylic acids is 1. The number of halogens is 3. The van der Waals surface area contributed by atoms with Crippen LogP contribution in [0.15, 0.2) is 59.5 Å². The molecule has 0 saturated heterocycles. The lowest BCUT2D eigenvalue weighted by Crippen LogP contribution is -2.34. The zero-order chi connectivity index (χ0) is 21.5. The van der Waals surface area contributed by atoms with Gasteiger partial charge < -0.3 is 10.1 Å². The lowest BCUT2D eigenvalue weighted by Gasteiger charge is -2.11. The maximum absolute atomic E-state index is 12.4. The molecule has 0 aliphatic carbocycles. The Kier molecular flexibility index (Phi) is 7.40. The molecule has 1 amide bonds. The second kappa shape index (κ2) is 9.57. The minimum Gasteiger partial charge on any atom is -0.405 e. The Hall–Kier alpha value is -2.85. The first-order valence-corrected chi connectivity index (χ1v) is 9.92. The first-order chi connectivity index (χ1) is 13.6. The first-order valence-electron chi connectivity index (χ1n) is 8.44. The average Bonchev–Trinajstić information content (AvgIpc) is 2.64. The van der Waals surface area contributed by atoms with Crippen LogP contribution in [-0.2, 0) is 14.8 Å². The summed E-state index contributed by atoms with van der Waals surface area (Å²) in [6.07, 6.45) is -2.64. The molecule has 0 aliphatic rings. The summed E-state index contributed by atoms with van der Waals surface area (Å²) in [5.74, 6) is -1.03. The van der Waals surface area contributed by atoms with Crippen molar-refractivity contribution in [1.82, 2.24) is 10.0 Å². The van der Waals surface area contributed by atoms with Crippen LogP contribution in [0.2, 0.25) is 0 Å². The molecule has 0 spiro atoms. The first kappa shape index (κ1) is 22.4. The molecule has 0 aromatic heterocycles. The summed E-state index contributed by atoms with van der Waals surface area (Å²) in [6.45, 7) is 1.78. The molecule has 29 heavy (non-hydrogen) atoms. The average molecular weight is 428 g/mol. The van der Waals surface area contributed by atoms with Crippen molar-refractivity contribution >= 4 is 22.0 Å². The lowest BCUT2D eigenvalue weighted by atomic mass is 10.2. The van der Waals surface area contributed by atoms with Gasteiger partial charge in [0.1, 0.15) is 5.75 Å². The number of benzene rings is 2. The van der Waals surface area contributed by atoms with Crippen molar-refractivity contribution in [1.29, 1.82) is 0 Å². The third-order valence-corrected chi connectivity index (χ3v) is 5.08. The number of hydrogen-bond donors (Lipinski definition) is 2. The fourth-order valence-electron chi connectivity index (χ4n) is 2.23. The second-order valence-corrected chi connectivity index (χ2v) is 7.69. The van der Waals surface area contributed by atoms with Crippen LogP contribution < -0.4 is 14.8 Å². The highest BCUT2D eigenvalue weighted by molar-refractivity contribution is 7.89. The molecule has 0 fully saturated rings. The van der Waals surface area contributed by atoms with Gasteiger partial charge in [-0.1, -0.05) is 35.9 Å². The van der Waals surface area contributed by atoms with E-state index in [0.29, 0.717) is 0 Å². The number of para-hydroxylation sites is 1. The number of hydrogen-bond acceptors (Lipinski definition) is 4. The van der Waals surface area contributed by atoms with Gasteiger partial charge >= 0.3 is 6.36 Å². The van der Waals surface area contributed by atoms with E-state index in [1.807, 2.05) is 6.92 Å². The van der Waals surface area contributed by atoms with Crippen molar-refractivity contribution in [2.45, 2.75) is 18.2 Å². The predicted octanol–water partition coefficient (Wildman–Crippen LogP) is 3.00. The van der Waals surface area contributed by atoms with Gasteiger partial charge in [-0.2, -0.15) is 0 Å². The Morgan fingerprint density at radius 3 is 2.38 bits per heavy atom. The highest BCUT2D eigenvalue weighted by atomic mass is 32.2. The van der Waals surface area contributed by atoms with E-state index < -0.39 is 28.0 Å². The largest absolute Gasteiger partial charge is 0.573 e. The van der Waals surface area contributed by atoms with Gasteiger partial charge in [0.25, 0.3) is 0 Å². The molecular formula is C19H19F3N2O4S. The zero-order valence-corrected chi connectivity index (χ0v) is 16.2. The quantitative estimate of drug-likeness (QED) is 0.500. The number of nitrogens with one attached hydrogen (secondary N) is 2. The summed E-state index contributed by atoms with van der Waals surface area (Å²) in [6, 6.07) is 11.6. The maximum Gasteiger partial charge on any atom is 0.573 e. The third kappa shape index (κ3) is 7.59. The Labute approximate surface area is 166 Å². The van der Waals surface area contributed by atoms with E-state index in [-0.39, 0.29) is 23.5 Å². The standard InChI is InChI=1S/C19H19F3N2O4S/c1-14-6-9-16(10-7-14)29(26,27)24-13-12-23-18(25)11-8-15-4-2-3-5-17(15)28-19(20,21)22/h2-11,24H,12-13H2,1H3,(H,23,25)/b11-8+. The molecule has 2 rings (SSSR count). The van der Waals surface area contributed by atoms with Gasteiger partial charge in [0.2, 0.25) is 15.9 Å². The molecule has 0 aliphatic heterocycles. The van der Waals surface area contributed by atoms with Crippen LogP contribution >= 0.6 is 0 Å². The molecule has 6 nitrogen and oxygen atoms in total. The highest BCUT2D eigenvalue weighted by Crippen LogP contribution is 2.26. The third-order valence-electron chi connectivity index (χ3n) is 3.61. The van der Waals surface area contributed by atoms with Crippen molar-refractivity contribution in [3.8, 4) is 5.75 Å². The summed E-state index contributed by atoms with van der Waals surface area (Å²) in [4.78, 5) is 11.9. The molecule has 0 bridgehead atoms. The Balaban J connectivity index is 1.85. The van der Waals surface area contributed by atoms with Gasteiger partial charge in [0.05, 0.1) is 4.90 Å². The Morgan fingerprint density at radius 1 is 1.07 bits per heavy atom. The van der Waals surface area contributed by atoms with Gasteiger partial charge in [-0.05, 0) is 31.2 Å². The van der Waals surface area contributed by atoms with Crippen LogP contribution in [-0.4, -0.2) is 33.8 Å². The summed E-state index contributed by atoms with van der Waals surface area (Å²) in [7, 11) is -3.70. The van der Waals surface area contributed by atoms with Gasteiger partial charge in [-0.25, -0.2) is 13.1 Å². The van der Waals surface area contributed by atoms with Crippen molar-refractivity contribution in [2.75, 3.05) is 13.1 Å². The van der Waals surface area contributed by atoms with Crippen molar-refractivity contribution in [3.05, 3.63) is 65.7 Å². The summed E-state index contributed by atoms with van der Waals surface area (Å²) >= 11 is 0. The number of ether oxygens (including phenoxy) is 1. The van der Waals surface area contributed by atoms with Gasteiger partial charge in [-0.15, -0.1) is 13.2 Å². The van der Waals surface area contributed by atoms with Crippen LogP contribution in [0, 0.1) is 6.92 Å². The molecule has 0 heterocycles. The molecular weight excluding hydrogens is 409 g/mol. The van der Waals surface area contributed by atoms with Crippen LogP contribution in [0.5, 0.6) is 5.75 Å². The van der Waals surface area contributed by atoms with Crippen LogP contribution in [0.3, 0.4) is 0 Å². The molecule has 0 saturated carbocycles. The Bertz CT molecular complexity index is 972. The number of alkyl halides is 3. The number of aryl methyl sites for hydroxylation is 1. The van der Waals surface area contributed by atoms with Gasteiger partial charge in [0.15, 0.2) is 0 Å². The number of amides is 1. The smallest absolute Gasteiger partial charge is 0.405 e. The zero-order valence-electron chi connectivity index (χ0n) is 15.4. The molecule has 156 valence electrons. The maximum atomic E-state index is 12.4. The fraction of sp³-hybridized carbons (Fsp3) is 0.211. The summed E-state index contributed by atoms with van der Waals surface area (Å²) in [5.41, 5.74) is 0.991. The van der Waals surface area contributed by atoms with Crippen LogP contribution in [0.4, 0.5) is 13.2 Å². The fourth-order valence-corrected chi connectivity index (χ4v) is 3.26. The molecule has 0 unspecified atom stereocenters. The summed E-state index contributed by atoms with van der Waals surface area (Å²) < 4.78 is 67.6. The van der Waals surface area contributed by atoms with E-state index in [1.165, 1.54) is 36.4 Å². The Morgan fingerprint density at radius 2 is 1.72 bits per heavy atom. The van der Waals surface area contributed by atoms with E-state index in [2.05, 4.69) is 14.8 Å². The van der Waals surface area contributed by atoms with Gasteiger partial charge in [-0.3, -0.25) is 4.79 Å². The van der Waals surface area contributed by atoms with Crippen molar-refractivity contribution < 1.29 is 31.1 Å². The predicted molar refractivity (Wildman–Crippen MR) is 102 cm³/mol. The minimum atomic E-state index is -4.85. The highest BCUT2D eigenvalue weighted by Gasteiger charge is 2.31. The van der Waals surface area contributed by atoms with E-state index in [1.54, 1.807) is 12.1 Å². The van der Waals surface area contributed by atoms with E-state index in [9.17, 15) is 26.4 Å². The topological polar surface area (TPSA) is 84.5 Å². The van der Waals surface area contributed by atoms with Crippen molar-refractivity contribution in [2.24, 2.45) is 0 Å². The molecule has 2 aromatic rings. The molecule has 2 aromatic carbocycles. The second-order valence-electron chi connectivity index (χ2n) is 5.92. The molecule has 0 radical (unpaired) electrons. The number of sulfonamides is 1. The normalized spacial score (nSPS) is 12.1. The van der Waals surface area contributed by atoms with Crippen LogP contribution in [0.25, 0.3) is 6.08 Å². The number of rotatable bonds is 8. The van der Waals surface area contributed by atoms with E-state index in [4.69, 9.17) is 0 Å². The molecule has 0 atom stereocenters. The van der Waals surface area contributed by atoms with Crippen molar-refractivity contribution in [3.63, 3.8) is 0 Å². The monoisotopic (exact) mass is 428 g/mol. The van der Waals surface area contributed by atoms with E-state index >= 15 is 0 Å². The SMILES string of the molecule is Cc1ccc(S(=O)(=O)NCCNC(=O)/C=C/c2ccccc2OC(F)(F)F)cc1. The van der Waals surface area contributed by atoms with Gasteiger partial charge in [0, 0.05) is 24.7 Å².